The molecule has 0 radical (unpaired) electrons. The summed E-state index contributed by atoms with van der Waals surface area (Å²) in [7, 11) is 0. The highest BCUT2D eigenvalue weighted by Crippen LogP contribution is 2.29. The molecule has 122 valence electrons. The molecule has 5 heteroatoms. The fourth-order valence-electron chi connectivity index (χ4n) is 2.89. The smallest absolute Gasteiger partial charge is 0.261 e. The molecular weight excluding hydrogens is 288 g/mol. The van der Waals surface area contributed by atoms with Crippen LogP contribution in [0, 0.1) is 23.5 Å². The molecule has 2 rings (SSSR count). The minimum atomic E-state index is -0.986. The first-order chi connectivity index (χ1) is 10.4. The molecule has 1 aliphatic carbocycles. The summed E-state index contributed by atoms with van der Waals surface area (Å²) in [5, 5.41) is 3.01. The van der Waals surface area contributed by atoms with Crippen LogP contribution in [0.2, 0.25) is 0 Å². The van der Waals surface area contributed by atoms with Crippen LogP contribution < -0.4 is 10.1 Å². The largest absolute Gasteiger partial charge is 0.481 e. The number of rotatable bonds is 4. The molecule has 4 unspecified atom stereocenters. The number of hydrogen-bond donors (Lipinski definition) is 1. The summed E-state index contributed by atoms with van der Waals surface area (Å²) < 4.78 is 31.4. The Bertz CT molecular complexity index is 535. The first-order valence-electron chi connectivity index (χ1n) is 7.80. The van der Waals surface area contributed by atoms with E-state index in [-0.39, 0.29) is 17.7 Å². The van der Waals surface area contributed by atoms with Gasteiger partial charge in [-0.05, 0) is 37.3 Å². The third-order valence-corrected chi connectivity index (χ3v) is 4.61. The average molecular weight is 311 g/mol. The van der Waals surface area contributed by atoms with Gasteiger partial charge in [-0.25, -0.2) is 8.78 Å². The number of hydrogen-bond acceptors (Lipinski definition) is 2. The number of halogens is 2. The van der Waals surface area contributed by atoms with E-state index in [1.54, 1.807) is 6.92 Å². The van der Waals surface area contributed by atoms with Crippen LogP contribution in [0.15, 0.2) is 18.2 Å². The van der Waals surface area contributed by atoms with Gasteiger partial charge in [0.25, 0.3) is 5.91 Å². The quantitative estimate of drug-likeness (QED) is 0.921. The second-order valence-corrected chi connectivity index (χ2v) is 6.22. The van der Waals surface area contributed by atoms with Crippen molar-refractivity contribution in [2.24, 2.45) is 11.8 Å². The van der Waals surface area contributed by atoms with Crippen molar-refractivity contribution in [2.45, 2.75) is 52.2 Å². The number of nitrogens with one attached hydrogen (secondary N) is 1. The summed E-state index contributed by atoms with van der Waals surface area (Å²) >= 11 is 0. The van der Waals surface area contributed by atoms with Crippen molar-refractivity contribution in [3.8, 4) is 5.75 Å². The SMILES string of the molecule is CC(Oc1ccc(F)c(F)c1)C(=O)NC1CCCC(C)C1C. The van der Waals surface area contributed by atoms with Gasteiger partial charge in [-0.1, -0.05) is 26.7 Å². The molecule has 3 nitrogen and oxygen atoms in total. The zero-order valence-corrected chi connectivity index (χ0v) is 13.2. The summed E-state index contributed by atoms with van der Waals surface area (Å²) in [6.07, 6.45) is 2.51. The van der Waals surface area contributed by atoms with Crippen molar-refractivity contribution in [1.82, 2.24) is 5.32 Å². The lowest BCUT2D eigenvalue weighted by molar-refractivity contribution is -0.128. The molecule has 0 bridgehead atoms. The average Bonchev–Trinajstić information content (AvgIpc) is 2.47. The number of benzene rings is 1. The minimum Gasteiger partial charge on any atom is -0.481 e. The molecule has 22 heavy (non-hydrogen) atoms. The third-order valence-electron chi connectivity index (χ3n) is 4.61. The van der Waals surface area contributed by atoms with Crippen molar-refractivity contribution in [1.29, 1.82) is 0 Å². The predicted octanol–water partition coefficient (Wildman–Crippen LogP) is 3.67. The highest BCUT2D eigenvalue weighted by Gasteiger charge is 2.29. The van der Waals surface area contributed by atoms with Crippen molar-refractivity contribution < 1.29 is 18.3 Å². The van der Waals surface area contributed by atoms with E-state index in [0.717, 1.165) is 25.0 Å². The van der Waals surface area contributed by atoms with Crippen LogP contribution in [0.4, 0.5) is 8.78 Å². The maximum absolute atomic E-state index is 13.1. The Hall–Kier alpha value is -1.65. The van der Waals surface area contributed by atoms with Gasteiger partial charge in [-0.15, -0.1) is 0 Å². The van der Waals surface area contributed by atoms with Crippen molar-refractivity contribution in [2.75, 3.05) is 0 Å². The minimum absolute atomic E-state index is 0.145. The van der Waals surface area contributed by atoms with Crippen LogP contribution in [-0.4, -0.2) is 18.1 Å². The third kappa shape index (κ3) is 3.96. The Kier molecular flexibility index (Phi) is 5.37. The van der Waals surface area contributed by atoms with Gasteiger partial charge in [0.1, 0.15) is 5.75 Å². The normalized spacial score (nSPS) is 26.3. The van der Waals surface area contributed by atoms with Crippen LogP contribution in [0.1, 0.15) is 40.0 Å². The first kappa shape index (κ1) is 16.7. The molecule has 1 aromatic carbocycles. The van der Waals surface area contributed by atoms with E-state index in [1.165, 1.54) is 12.5 Å². The van der Waals surface area contributed by atoms with Crippen molar-refractivity contribution in [3.05, 3.63) is 29.8 Å². The van der Waals surface area contributed by atoms with Gasteiger partial charge < -0.3 is 10.1 Å². The molecule has 1 N–H and O–H groups in total. The highest BCUT2D eigenvalue weighted by molar-refractivity contribution is 5.81. The molecule has 1 aromatic rings. The van der Waals surface area contributed by atoms with Gasteiger partial charge in [0.05, 0.1) is 0 Å². The number of amides is 1. The van der Waals surface area contributed by atoms with Gasteiger partial charge in [0, 0.05) is 12.1 Å². The van der Waals surface area contributed by atoms with Crippen molar-refractivity contribution in [3.63, 3.8) is 0 Å². The lowest BCUT2D eigenvalue weighted by Gasteiger charge is -2.35. The lowest BCUT2D eigenvalue weighted by Crippen LogP contribution is -2.48. The lowest BCUT2D eigenvalue weighted by atomic mass is 9.78. The van der Waals surface area contributed by atoms with E-state index < -0.39 is 17.7 Å². The molecule has 1 aliphatic rings. The Morgan fingerprint density at radius 1 is 1.27 bits per heavy atom. The maximum Gasteiger partial charge on any atom is 0.261 e. The van der Waals surface area contributed by atoms with Gasteiger partial charge in [-0.2, -0.15) is 0 Å². The van der Waals surface area contributed by atoms with Gasteiger partial charge >= 0.3 is 0 Å². The zero-order valence-electron chi connectivity index (χ0n) is 13.2. The molecule has 0 aromatic heterocycles. The van der Waals surface area contributed by atoms with E-state index in [1.807, 2.05) is 0 Å². The Labute approximate surface area is 130 Å². The van der Waals surface area contributed by atoms with E-state index >= 15 is 0 Å². The number of carbonyl (C=O) groups is 1. The summed E-state index contributed by atoms with van der Waals surface area (Å²) in [5.74, 6) is -0.994. The summed E-state index contributed by atoms with van der Waals surface area (Å²) in [6, 6.07) is 3.39. The summed E-state index contributed by atoms with van der Waals surface area (Å²) in [6.45, 7) is 5.95. The van der Waals surface area contributed by atoms with Crippen LogP contribution in [0.25, 0.3) is 0 Å². The summed E-state index contributed by atoms with van der Waals surface area (Å²) in [5.41, 5.74) is 0. The number of carbonyl (C=O) groups excluding carboxylic acids is 1. The highest BCUT2D eigenvalue weighted by atomic mass is 19.2. The van der Waals surface area contributed by atoms with E-state index in [0.29, 0.717) is 11.8 Å². The Morgan fingerprint density at radius 2 is 2.00 bits per heavy atom. The predicted molar refractivity (Wildman–Crippen MR) is 80.6 cm³/mol. The zero-order chi connectivity index (χ0) is 16.3. The van der Waals surface area contributed by atoms with Crippen LogP contribution in [-0.2, 0) is 4.79 Å². The fourth-order valence-corrected chi connectivity index (χ4v) is 2.89. The monoisotopic (exact) mass is 311 g/mol. The molecule has 1 fully saturated rings. The van der Waals surface area contributed by atoms with Gasteiger partial charge in [0.15, 0.2) is 17.7 Å². The molecule has 1 saturated carbocycles. The van der Waals surface area contributed by atoms with E-state index in [2.05, 4.69) is 19.2 Å². The Balaban J connectivity index is 1.92. The van der Waals surface area contributed by atoms with Crippen LogP contribution >= 0.6 is 0 Å². The molecule has 4 atom stereocenters. The van der Waals surface area contributed by atoms with Crippen LogP contribution in [0.3, 0.4) is 0 Å². The topological polar surface area (TPSA) is 38.3 Å². The molecular formula is C17H23F2NO2. The summed E-state index contributed by atoms with van der Waals surface area (Å²) in [4.78, 5) is 12.2. The van der Waals surface area contributed by atoms with E-state index in [9.17, 15) is 13.6 Å². The second-order valence-electron chi connectivity index (χ2n) is 6.22. The molecule has 0 heterocycles. The van der Waals surface area contributed by atoms with E-state index in [4.69, 9.17) is 4.74 Å². The standard InChI is InChI=1S/C17H23F2NO2/c1-10-5-4-6-16(11(10)2)20-17(21)12(3)22-13-7-8-14(18)15(19)9-13/h7-12,16H,4-6H2,1-3H3,(H,20,21). The molecule has 1 amide bonds. The van der Waals surface area contributed by atoms with Gasteiger partial charge in [-0.3, -0.25) is 4.79 Å². The Morgan fingerprint density at radius 3 is 2.68 bits per heavy atom. The maximum atomic E-state index is 13.1. The fraction of sp³-hybridized carbons (Fsp3) is 0.588. The van der Waals surface area contributed by atoms with Gasteiger partial charge in [0.2, 0.25) is 0 Å². The number of ether oxygens (including phenoxy) is 1. The second kappa shape index (κ2) is 7.07. The molecule has 0 spiro atoms. The first-order valence-corrected chi connectivity index (χ1v) is 7.80. The molecule has 0 saturated heterocycles. The van der Waals surface area contributed by atoms with Crippen molar-refractivity contribution >= 4 is 5.91 Å². The molecule has 0 aliphatic heterocycles. The van der Waals surface area contributed by atoms with Crippen LogP contribution in [0.5, 0.6) is 5.75 Å².